The Morgan fingerprint density at radius 2 is 1.76 bits per heavy atom. The van der Waals surface area contributed by atoms with Crippen LogP contribution in [0.1, 0.15) is 5.56 Å². The molecule has 0 saturated carbocycles. The molecule has 9 heteroatoms. The molecule has 33 heavy (non-hydrogen) atoms. The van der Waals surface area contributed by atoms with Gasteiger partial charge in [0.1, 0.15) is 23.9 Å². The maximum absolute atomic E-state index is 11.7. The minimum absolute atomic E-state index is 0.232. The van der Waals surface area contributed by atoms with Crippen LogP contribution in [-0.2, 0) is 11.2 Å². The van der Waals surface area contributed by atoms with Crippen LogP contribution in [0.3, 0.4) is 0 Å². The first-order valence-corrected chi connectivity index (χ1v) is 11.6. The number of rotatable bonds is 9. The van der Waals surface area contributed by atoms with Gasteiger partial charge in [-0.05, 0) is 54.4 Å². The third-order valence-electron chi connectivity index (χ3n) is 4.94. The number of nitrogens with one attached hydrogen (secondary N) is 1. The minimum Gasteiger partial charge on any atom is -0.492 e. The van der Waals surface area contributed by atoms with Crippen molar-refractivity contribution in [3.63, 3.8) is 0 Å². The summed E-state index contributed by atoms with van der Waals surface area (Å²) < 4.78 is 11.6. The van der Waals surface area contributed by atoms with Crippen LogP contribution in [0.5, 0.6) is 17.4 Å². The van der Waals surface area contributed by atoms with Crippen LogP contribution < -0.4 is 19.7 Å². The highest BCUT2D eigenvalue weighted by atomic mass is 35.5. The number of likely N-dealkylation sites (N-methyl/N-ethyl adjacent to an activating group) is 1. The van der Waals surface area contributed by atoms with Gasteiger partial charge in [-0.2, -0.15) is 4.98 Å². The second-order valence-corrected chi connectivity index (χ2v) is 9.00. The number of anilines is 1. The summed E-state index contributed by atoms with van der Waals surface area (Å²) in [5.74, 6) is 2.43. The lowest BCUT2D eigenvalue weighted by molar-refractivity contribution is -0.118. The summed E-state index contributed by atoms with van der Waals surface area (Å²) in [4.78, 5) is 29.5. The van der Waals surface area contributed by atoms with E-state index < -0.39 is 0 Å². The molecule has 0 spiro atoms. The van der Waals surface area contributed by atoms with Crippen LogP contribution in [0.2, 0.25) is 5.02 Å². The molecule has 2 aromatic carbocycles. The predicted octanol–water partition coefficient (Wildman–Crippen LogP) is 4.94. The van der Waals surface area contributed by atoms with E-state index in [0.29, 0.717) is 36.2 Å². The number of aromatic nitrogens is 1. The van der Waals surface area contributed by atoms with Crippen molar-refractivity contribution in [3.8, 4) is 17.4 Å². The zero-order valence-corrected chi connectivity index (χ0v) is 19.4. The van der Waals surface area contributed by atoms with E-state index >= 15 is 0 Å². The predicted molar refractivity (Wildman–Crippen MR) is 130 cm³/mol. The van der Waals surface area contributed by atoms with Crippen molar-refractivity contribution in [2.75, 3.05) is 25.1 Å². The molecule has 1 atom stereocenters. The zero-order valence-electron chi connectivity index (χ0n) is 17.9. The van der Waals surface area contributed by atoms with Gasteiger partial charge in [-0.15, -0.1) is 0 Å². The van der Waals surface area contributed by atoms with Crippen LogP contribution in [0.25, 0.3) is 0 Å². The molecule has 7 nitrogen and oxygen atoms in total. The van der Waals surface area contributed by atoms with Crippen molar-refractivity contribution >= 4 is 40.3 Å². The van der Waals surface area contributed by atoms with Crippen LogP contribution in [0.15, 0.2) is 66.7 Å². The molecule has 170 valence electrons. The minimum atomic E-state index is -0.371. The van der Waals surface area contributed by atoms with Crippen molar-refractivity contribution in [2.24, 2.45) is 0 Å². The summed E-state index contributed by atoms with van der Waals surface area (Å²) >= 11 is 6.94. The number of carbonyl (C=O) groups is 2. The summed E-state index contributed by atoms with van der Waals surface area (Å²) in [6.45, 7) is 1.09. The number of halogens is 1. The highest BCUT2D eigenvalue weighted by Crippen LogP contribution is 2.25. The number of amides is 2. The maximum atomic E-state index is 11.7. The van der Waals surface area contributed by atoms with Crippen molar-refractivity contribution < 1.29 is 19.1 Å². The first kappa shape index (κ1) is 22.9. The normalized spacial score (nSPS) is 15.3. The average Bonchev–Trinajstić information content (AvgIpc) is 3.13. The Labute approximate surface area is 201 Å². The lowest BCUT2D eigenvalue weighted by Crippen LogP contribution is -2.25. The lowest BCUT2D eigenvalue weighted by Gasteiger charge is -2.19. The fourth-order valence-electron chi connectivity index (χ4n) is 3.18. The second kappa shape index (κ2) is 10.6. The number of imide groups is 1. The molecule has 1 aliphatic heterocycles. The van der Waals surface area contributed by atoms with Gasteiger partial charge in [0.2, 0.25) is 11.8 Å². The molecule has 0 radical (unpaired) electrons. The first-order valence-electron chi connectivity index (χ1n) is 10.3. The summed E-state index contributed by atoms with van der Waals surface area (Å²) in [5, 5.41) is 2.30. The van der Waals surface area contributed by atoms with E-state index in [0.717, 1.165) is 28.9 Å². The molecule has 1 aromatic heterocycles. The highest BCUT2D eigenvalue weighted by molar-refractivity contribution is 8.15. The Balaban J connectivity index is 1.26. The number of hydrogen-bond acceptors (Lipinski definition) is 7. The van der Waals surface area contributed by atoms with Crippen LogP contribution in [-0.4, -0.2) is 41.6 Å². The summed E-state index contributed by atoms with van der Waals surface area (Å²) in [5.41, 5.74) is 0.975. The molecule has 1 N–H and O–H groups in total. The lowest BCUT2D eigenvalue weighted by atomic mass is 10.1. The van der Waals surface area contributed by atoms with Gasteiger partial charge in [0.15, 0.2) is 0 Å². The van der Waals surface area contributed by atoms with Crippen LogP contribution in [0.4, 0.5) is 10.6 Å². The monoisotopic (exact) mass is 483 g/mol. The summed E-state index contributed by atoms with van der Waals surface area (Å²) in [6, 6.07) is 20.3. The van der Waals surface area contributed by atoms with E-state index in [9.17, 15) is 9.59 Å². The molecule has 2 amide bonds. The number of pyridine rings is 1. The van der Waals surface area contributed by atoms with Crippen molar-refractivity contribution in [1.29, 1.82) is 0 Å². The first-order chi connectivity index (χ1) is 16.0. The number of thioether (sulfide) groups is 1. The van der Waals surface area contributed by atoms with Crippen molar-refractivity contribution in [1.82, 2.24) is 10.3 Å². The van der Waals surface area contributed by atoms with E-state index in [4.69, 9.17) is 21.1 Å². The van der Waals surface area contributed by atoms with Gasteiger partial charge >= 0.3 is 0 Å². The van der Waals surface area contributed by atoms with E-state index in [1.54, 1.807) is 30.3 Å². The molecule has 1 unspecified atom stereocenters. The Bertz CT molecular complexity index is 1130. The third-order valence-corrected chi connectivity index (χ3v) is 6.18. The smallest absolute Gasteiger partial charge is 0.286 e. The van der Waals surface area contributed by atoms with E-state index in [1.165, 1.54) is 0 Å². The Morgan fingerprint density at radius 1 is 1.03 bits per heavy atom. The van der Waals surface area contributed by atoms with Gasteiger partial charge in [0, 0.05) is 18.1 Å². The fourth-order valence-corrected chi connectivity index (χ4v) is 4.16. The van der Waals surface area contributed by atoms with E-state index in [1.807, 2.05) is 48.3 Å². The number of hydrogen-bond donors (Lipinski definition) is 1. The topological polar surface area (TPSA) is 80.8 Å². The SMILES string of the molecule is CN(CCOc1ccc(CC2SC(=O)NC2=O)cc1)c1cccc(Oc2ccc(Cl)cc2)n1. The molecule has 1 fully saturated rings. The standard InChI is InChI=1S/C24H22ClN3O4S/c1-28(21-3-2-4-22(26-21)32-19-11-7-17(25)8-12-19)13-14-31-18-9-5-16(6-10-18)15-20-23(29)27-24(30)33-20/h2-12,20H,13-15H2,1H3,(H,27,29,30). The second-order valence-electron chi connectivity index (χ2n) is 7.39. The molecule has 0 bridgehead atoms. The average molecular weight is 484 g/mol. The molecular weight excluding hydrogens is 462 g/mol. The Kier molecular flexibility index (Phi) is 7.36. The molecule has 0 aliphatic carbocycles. The molecule has 1 saturated heterocycles. The quantitative estimate of drug-likeness (QED) is 0.461. The van der Waals surface area contributed by atoms with Crippen molar-refractivity contribution in [3.05, 3.63) is 77.3 Å². The van der Waals surface area contributed by atoms with Gasteiger partial charge in [-0.3, -0.25) is 14.9 Å². The fraction of sp³-hybridized carbons (Fsp3) is 0.208. The maximum Gasteiger partial charge on any atom is 0.286 e. The highest BCUT2D eigenvalue weighted by Gasteiger charge is 2.31. The van der Waals surface area contributed by atoms with Crippen LogP contribution >= 0.6 is 23.4 Å². The van der Waals surface area contributed by atoms with Gasteiger partial charge in [0.25, 0.3) is 5.24 Å². The Morgan fingerprint density at radius 3 is 2.45 bits per heavy atom. The number of nitrogens with zero attached hydrogens (tertiary/aromatic N) is 2. The molecule has 1 aliphatic rings. The van der Waals surface area contributed by atoms with Gasteiger partial charge < -0.3 is 14.4 Å². The third kappa shape index (κ3) is 6.40. The zero-order chi connectivity index (χ0) is 23.2. The van der Waals surface area contributed by atoms with Crippen LogP contribution in [0, 0.1) is 0 Å². The largest absolute Gasteiger partial charge is 0.492 e. The number of benzene rings is 2. The van der Waals surface area contributed by atoms with Gasteiger partial charge in [-0.1, -0.05) is 41.6 Å². The number of carbonyl (C=O) groups excluding carboxylic acids is 2. The van der Waals surface area contributed by atoms with E-state index in [-0.39, 0.29) is 16.4 Å². The summed E-state index contributed by atoms with van der Waals surface area (Å²) in [6.07, 6.45) is 0.505. The molecular formula is C24H22ClN3O4S. The number of ether oxygens (including phenoxy) is 2. The molecule has 4 rings (SSSR count). The molecule has 2 heterocycles. The van der Waals surface area contributed by atoms with Gasteiger partial charge in [0.05, 0.1) is 11.8 Å². The van der Waals surface area contributed by atoms with Crippen molar-refractivity contribution in [2.45, 2.75) is 11.7 Å². The summed E-state index contributed by atoms with van der Waals surface area (Å²) in [7, 11) is 1.94. The van der Waals surface area contributed by atoms with E-state index in [2.05, 4.69) is 10.3 Å². The Hall–Kier alpha value is -3.23. The van der Waals surface area contributed by atoms with Gasteiger partial charge in [-0.25, -0.2) is 0 Å². The molecule has 3 aromatic rings.